The zero-order valence-electron chi connectivity index (χ0n) is 18.0. The Bertz CT molecular complexity index is 585. The molecule has 0 aliphatic carbocycles. The Hall–Kier alpha value is -1.39. The predicted octanol–water partition coefficient (Wildman–Crippen LogP) is 2.94. The molecule has 0 aromatic heterocycles. The van der Waals surface area contributed by atoms with Gasteiger partial charge in [-0.25, -0.2) is 4.99 Å². The van der Waals surface area contributed by atoms with Crippen molar-refractivity contribution in [3.8, 4) is 0 Å². The standard InChI is InChI=1S/C21H36N4O3.HI/c1-4-7-12-27-14-15-28-13-11-24-21(23-6-3)25-17-18-9-8-10-19(16-18)20(26)22-5-2;/h8-10,16H,4-7,11-15,17H2,1-3H3,(H,22,26)(H2,23,24,25);1H. The molecule has 1 aromatic rings. The van der Waals surface area contributed by atoms with Crippen molar-refractivity contribution in [3.05, 3.63) is 35.4 Å². The van der Waals surface area contributed by atoms with E-state index in [0.717, 1.165) is 37.5 Å². The number of carbonyl (C=O) groups excluding carboxylic acids is 1. The highest BCUT2D eigenvalue weighted by Gasteiger charge is 2.05. The second-order valence-electron chi connectivity index (χ2n) is 6.26. The lowest BCUT2D eigenvalue weighted by Crippen LogP contribution is -2.39. The quantitative estimate of drug-likeness (QED) is 0.152. The van der Waals surface area contributed by atoms with Crippen LogP contribution in [0, 0.1) is 0 Å². The van der Waals surface area contributed by atoms with E-state index in [0.29, 0.717) is 45.0 Å². The molecule has 8 heteroatoms. The summed E-state index contributed by atoms with van der Waals surface area (Å²) in [6.07, 6.45) is 2.24. The lowest BCUT2D eigenvalue weighted by molar-refractivity contribution is 0.0487. The number of unbranched alkanes of at least 4 members (excludes halogenated alkanes) is 1. The molecule has 0 radical (unpaired) electrons. The third-order valence-electron chi connectivity index (χ3n) is 3.84. The Morgan fingerprint density at radius 2 is 1.69 bits per heavy atom. The first-order valence-electron chi connectivity index (χ1n) is 10.3. The average Bonchev–Trinajstić information content (AvgIpc) is 2.71. The summed E-state index contributed by atoms with van der Waals surface area (Å²) in [5.41, 5.74) is 1.64. The Kier molecular flexibility index (Phi) is 17.7. The van der Waals surface area contributed by atoms with E-state index in [-0.39, 0.29) is 29.9 Å². The Balaban J connectivity index is 0.00000784. The van der Waals surface area contributed by atoms with Gasteiger partial charge in [0.15, 0.2) is 5.96 Å². The maximum absolute atomic E-state index is 11.9. The van der Waals surface area contributed by atoms with E-state index in [1.54, 1.807) is 0 Å². The van der Waals surface area contributed by atoms with Crippen LogP contribution in [0.4, 0.5) is 0 Å². The third-order valence-corrected chi connectivity index (χ3v) is 3.84. The second kappa shape index (κ2) is 18.6. The van der Waals surface area contributed by atoms with E-state index >= 15 is 0 Å². The second-order valence-corrected chi connectivity index (χ2v) is 6.26. The maximum atomic E-state index is 11.9. The van der Waals surface area contributed by atoms with Crippen LogP contribution in [0.15, 0.2) is 29.3 Å². The molecule has 0 saturated heterocycles. The number of guanidine groups is 1. The fraction of sp³-hybridized carbons (Fsp3) is 0.619. The molecule has 0 aliphatic rings. The summed E-state index contributed by atoms with van der Waals surface area (Å²) in [6, 6.07) is 7.54. The molecule has 1 rings (SSSR count). The molecular formula is C21H37IN4O3. The molecule has 3 N–H and O–H groups in total. The first-order valence-corrected chi connectivity index (χ1v) is 10.3. The summed E-state index contributed by atoms with van der Waals surface area (Å²) in [4.78, 5) is 16.5. The number of benzene rings is 1. The molecule has 1 aromatic carbocycles. The molecule has 166 valence electrons. The van der Waals surface area contributed by atoms with Gasteiger partial charge in [-0.1, -0.05) is 25.5 Å². The van der Waals surface area contributed by atoms with Gasteiger partial charge in [-0.2, -0.15) is 0 Å². The van der Waals surface area contributed by atoms with Gasteiger partial charge in [-0.05, 0) is 38.0 Å². The van der Waals surface area contributed by atoms with Gasteiger partial charge in [0, 0.05) is 31.8 Å². The van der Waals surface area contributed by atoms with Crippen LogP contribution < -0.4 is 16.0 Å². The molecule has 0 aliphatic heterocycles. The topological polar surface area (TPSA) is 84.0 Å². The Labute approximate surface area is 192 Å². The zero-order chi connectivity index (χ0) is 20.5. The molecule has 0 unspecified atom stereocenters. The summed E-state index contributed by atoms with van der Waals surface area (Å²) < 4.78 is 11.0. The van der Waals surface area contributed by atoms with Crippen LogP contribution in [-0.2, 0) is 16.0 Å². The fourth-order valence-electron chi connectivity index (χ4n) is 2.40. The smallest absolute Gasteiger partial charge is 0.251 e. The monoisotopic (exact) mass is 520 g/mol. The van der Waals surface area contributed by atoms with Crippen molar-refractivity contribution in [1.82, 2.24) is 16.0 Å². The summed E-state index contributed by atoms with van der Waals surface area (Å²) in [7, 11) is 0. The van der Waals surface area contributed by atoms with Gasteiger partial charge in [0.05, 0.1) is 26.4 Å². The molecule has 0 spiro atoms. The summed E-state index contributed by atoms with van der Waals surface area (Å²) in [5, 5.41) is 9.28. The average molecular weight is 520 g/mol. The molecule has 0 atom stereocenters. The summed E-state index contributed by atoms with van der Waals surface area (Å²) >= 11 is 0. The van der Waals surface area contributed by atoms with Gasteiger partial charge < -0.3 is 25.4 Å². The predicted molar refractivity (Wildman–Crippen MR) is 129 cm³/mol. The minimum absolute atomic E-state index is 0. The van der Waals surface area contributed by atoms with Crippen molar-refractivity contribution in [1.29, 1.82) is 0 Å². The van der Waals surface area contributed by atoms with Crippen LogP contribution in [0.5, 0.6) is 0 Å². The van der Waals surface area contributed by atoms with Crippen LogP contribution in [-0.4, -0.2) is 57.9 Å². The van der Waals surface area contributed by atoms with E-state index in [1.165, 1.54) is 0 Å². The number of rotatable bonds is 14. The molecule has 1 amide bonds. The van der Waals surface area contributed by atoms with Gasteiger partial charge in [0.1, 0.15) is 0 Å². The summed E-state index contributed by atoms with van der Waals surface area (Å²) in [5.74, 6) is 0.669. The van der Waals surface area contributed by atoms with Crippen LogP contribution in [0.2, 0.25) is 0 Å². The van der Waals surface area contributed by atoms with E-state index in [4.69, 9.17) is 9.47 Å². The number of ether oxygens (including phenoxy) is 2. The largest absolute Gasteiger partial charge is 0.379 e. The Morgan fingerprint density at radius 3 is 2.38 bits per heavy atom. The van der Waals surface area contributed by atoms with Gasteiger partial charge in [-0.15, -0.1) is 24.0 Å². The molecular weight excluding hydrogens is 483 g/mol. The molecule has 0 bridgehead atoms. The normalized spacial score (nSPS) is 10.9. The van der Waals surface area contributed by atoms with Crippen molar-refractivity contribution in [2.75, 3.05) is 46.1 Å². The highest BCUT2D eigenvalue weighted by atomic mass is 127. The lowest BCUT2D eigenvalue weighted by Gasteiger charge is -2.12. The molecule has 7 nitrogen and oxygen atoms in total. The van der Waals surface area contributed by atoms with Crippen LogP contribution >= 0.6 is 24.0 Å². The van der Waals surface area contributed by atoms with E-state index in [1.807, 2.05) is 38.1 Å². The number of carbonyl (C=O) groups is 1. The zero-order valence-corrected chi connectivity index (χ0v) is 20.3. The van der Waals surface area contributed by atoms with Gasteiger partial charge >= 0.3 is 0 Å². The highest BCUT2D eigenvalue weighted by Crippen LogP contribution is 2.06. The SMILES string of the molecule is CCCCOCCOCCNC(=NCc1cccc(C(=O)NCC)c1)NCC.I. The van der Waals surface area contributed by atoms with Gasteiger partial charge in [-0.3, -0.25) is 4.79 Å². The summed E-state index contributed by atoms with van der Waals surface area (Å²) in [6.45, 7) is 11.3. The van der Waals surface area contributed by atoms with E-state index in [2.05, 4.69) is 27.9 Å². The first-order chi connectivity index (χ1) is 13.7. The van der Waals surface area contributed by atoms with Gasteiger partial charge in [0.2, 0.25) is 0 Å². The van der Waals surface area contributed by atoms with Crippen molar-refractivity contribution in [3.63, 3.8) is 0 Å². The lowest BCUT2D eigenvalue weighted by atomic mass is 10.1. The first kappa shape index (κ1) is 27.6. The number of halogens is 1. The number of hydrogen-bond donors (Lipinski definition) is 3. The van der Waals surface area contributed by atoms with Crippen molar-refractivity contribution in [2.45, 2.75) is 40.2 Å². The third kappa shape index (κ3) is 13.5. The van der Waals surface area contributed by atoms with Crippen molar-refractivity contribution < 1.29 is 14.3 Å². The number of nitrogens with one attached hydrogen (secondary N) is 3. The van der Waals surface area contributed by atoms with Crippen molar-refractivity contribution in [2.24, 2.45) is 4.99 Å². The van der Waals surface area contributed by atoms with Crippen LogP contribution in [0.3, 0.4) is 0 Å². The minimum atomic E-state index is -0.0609. The molecule has 29 heavy (non-hydrogen) atoms. The van der Waals surface area contributed by atoms with Crippen LogP contribution in [0.25, 0.3) is 0 Å². The molecule has 0 heterocycles. The van der Waals surface area contributed by atoms with E-state index < -0.39 is 0 Å². The van der Waals surface area contributed by atoms with Crippen LogP contribution in [0.1, 0.15) is 49.5 Å². The fourth-order valence-corrected chi connectivity index (χ4v) is 2.40. The molecule has 0 saturated carbocycles. The van der Waals surface area contributed by atoms with E-state index in [9.17, 15) is 4.79 Å². The highest BCUT2D eigenvalue weighted by molar-refractivity contribution is 14.0. The number of aliphatic imine (C=N–C) groups is 1. The Morgan fingerprint density at radius 1 is 0.966 bits per heavy atom. The number of hydrogen-bond acceptors (Lipinski definition) is 4. The maximum Gasteiger partial charge on any atom is 0.251 e. The van der Waals surface area contributed by atoms with Crippen molar-refractivity contribution >= 4 is 35.8 Å². The number of amides is 1. The van der Waals surface area contributed by atoms with Gasteiger partial charge in [0.25, 0.3) is 5.91 Å². The molecule has 0 fully saturated rings. The minimum Gasteiger partial charge on any atom is -0.379 e. The number of nitrogens with zero attached hydrogens (tertiary/aromatic N) is 1.